The zero-order valence-electron chi connectivity index (χ0n) is 17.5. The number of alkyl halides is 2. The molecule has 0 heterocycles. The summed E-state index contributed by atoms with van der Waals surface area (Å²) in [7, 11) is -4.21. The predicted octanol–water partition coefficient (Wildman–Crippen LogP) is 5.68. The van der Waals surface area contributed by atoms with Crippen molar-refractivity contribution in [3.63, 3.8) is 0 Å². The molecule has 0 amide bonds. The first kappa shape index (κ1) is 21.8. The number of hydrogen-bond acceptors (Lipinski definition) is 0. The van der Waals surface area contributed by atoms with Crippen molar-refractivity contribution < 1.29 is 12.9 Å². The molecule has 160 valence electrons. The third kappa shape index (κ3) is 3.82. The summed E-state index contributed by atoms with van der Waals surface area (Å²) < 4.78 is 49.6. The van der Waals surface area contributed by atoms with Crippen LogP contribution < -0.4 is 15.6 Å². The Bertz CT molecular complexity index is 1140. The van der Waals surface area contributed by atoms with Crippen LogP contribution in [0, 0.1) is 0 Å². The molecular formula is C28H23F3Si. The number of halogens is 3. The minimum Gasteiger partial charge on any atom is -0.296 e. The molecule has 4 rings (SSSR count). The Kier molecular flexibility index (Phi) is 6.15. The van der Waals surface area contributed by atoms with Gasteiger partial charge in [0.05, 0.1) is 5.92 Å². The van der Waals surface area contributed by atoms with E-state index in [1.807, 2.05) is 0 Å². The summed E-state index contributed by atoms with van der Waals surface area (Å²) in [6.07, 6.45) is 1.25. The van der Waals surface area contributed by atoms with Crippen molar-refractivity contribution in [3.05, 3.63) is 139 Å². The number of hydrogen-bond donors (Lipinski definition) is 0. The van der Waals surface area contributed by atoms with E-state index in [1.165, 1.54) is 18.2 Å². The fourth-order valence-electron chi connectivity index (χ4n) is 4.21. The summed E-state index contributed by atoms with van der Waals surface area (Å²) in [5.41, 5.74) is 0.142. The highest BCUT2D eigenvalue weighted by Gasteiger charge is 2.49. The Morgan fingerprint density at radius 1 is 0.656 bits per heavy atom. The van der Waals surface area contributed by atoms with Gasteiger partial charge in [-0.2, -0.15) is 0 Å². The number of rotatable bonds is 7. The second-order valence-electron chi connectivity index (χ2n) is 7.68. The molecule has 1 atom stereocenters. The van der Waals surface area contributed by atoms with Gasteiger partial charge in [0, 0.05) is 5.56 Å². The van der Waals surface area contributed by atoms with Crippen LogP contribution in [0.1, 0.15) is 17.0 Å². The SMILES string of the molecule is C=CC(c1ccccc1)C(F)(F)c1ccccc1[Si](F)(c1ccccc1)c1ccccc1. The van der Waals surface area contributed by atoms with Crippen LogP contribution in [0.3, 0.4) is 0 Å². The van der Waals surface area contributed by atoms with Gasteiger partial charge >= 0.3 is 8.41 Å². The van der Waals surface area contributed by atoms with Crippen LogP contribution in [0.5, 0.6) is 0 Å². The topological polar surface area (TPSA) is 0 Å². The van der Waals surface area contributed by atoms with E-state index in [0.717, 1.165) is 0 Å². The molecule has 0 aliphatic carbocycles. The van der Waals surface area contributed by atoms with Crippen LogP contribution >= 0.6 is 0 Å². The van der Waals surface area contributed by atoms with Crippen LogP contribution in [-0.4, -0.2) is 8.41 Å². The van der Waals surface area contributed by atoms with Gasteiger partial charge in [0.2, 0.25) is 0 Å². The van der Waals surface area contributed by atoms with Gasteiger partial charge in [-0.15, -0.1) is 6.58 Å². The van der Waals surface area contributed by atoms with Crippen LogP contribution in [0.4, 0.5) is 12.9 Å². The molecule has 0 saturated carbocycles. The molecule has 0 radical (unpaired) electrons. The minimum absolute atomic E-state index is 0.0604. The van der Waals surface area contributed by atoms with Gasteiger partial charge in [0.15, 0.2) is 0 Å². The third-order valence-corrected chi connectivity index (χ3v) is 9.22. The average Bonchev–Trinajstić information content (AvgIpc) is 2.85. The average molecular weight is 445 g/mol. The lowest BCUT2D eigenvalue weighted by atomic mass is 9.88. The fraction of sp³-hybridized carbons (Fsp3) is 0.0714. The number of benzene rings is 4. The standard InChI is InChI=1S/C28H23F3Si/c1-2-25(22-14-6-3-7-15-22)28(29,30)26-20-12-13-21-27(26)32(31,23-16-8-4-9-17-23)24-18-10-5-11-19-24/h2-21,25H,1H2. The van der Waals surface area contributed by atoms with Crippen LogP contribution in [-0.2, 0) is 5.92 Å². The zero-order valence-corrected chi connectivity index (χ0v) is 18.5. The quantitative estimate of drug-likeness (QED) is 0.149. The van der Waals surface area contributed by atoms with Crippen molar-refractivity contribution in [1.29, 1.82) is 0 Å². The van der Waals surface area contributed by atoms with Gasteiger partial charge in [0.1, 0.15) is 0 Å². The molecule has 4 aromatic rings. The van der Waals surface area contributed by atoms with E-state index in [9.17, 15) is 0 Å². The Morgan fingerprint density at radius 2 is 1.09 bits per heavy atom. The maximum absolute atomic E-state index is 17.3. The first-order chi connectivity index (χ1) is 15.5. The third-order valence-electron chi connectivity index (χ3n) is 5.79. The lowest BCUT2D eigenvalue weighted by Gasteiger charge is -2.32. The van der Waals surface area contributed by atoms with E-state index in [-0.39, 0.29) is 10.8 Å². The number of allylic oxidation sites excluding steroid dienone is 1. The van der Waals surface area contributed by atoms with Gasteiger partial charge in [-0.05, 0) is 21.1 Å². The molecule has 0 fully saturated rings. The molecule has 0 aliphatic rings. The lowest BCUT2D eigenvalue weighted by molar-refractivity contribution is -0.0186. The van der Waals surface area contributed by atoms with Gasteiger partial charge in [0.25, 0.3) is 5.92 Å². The highest BCUT2D eigenvalue weighted by atomic mass is 28.4. The van der Waals surface area contributed by atoms with E-state index >= 15 is 12.9 Å². The smallest absolute Gasteiger partial charge is 0.296 e. The van der Waals surface area contributed by atoms with Crippen LogP contribution in [0.2, 0.25) is 0 Å². The van der Waals surface area contributed by atoms with E-state index in [0.29, 0.717) is 15.9 Å². The van der Waals surface area contributed by atoms with Gasteiger partial charge in [-0.3, -0.25) is 4.11 Å². The summed E-state index contributed by atoms with van der Waals surface area (Å²) in [5, 5.41) is 0.929. The first-order valence-corrected chi connectivity index (χ1v) is 12.3. The van der Waals surface area contributed by atoms with Gasteiger partial charge in [-0.1, -0.05) is 121 Å². The second-order valence-corrected chi connectivity index (χ2v) is 10.7. The van der Waals surface area contributed by atoms with E-state index in [1.54, 1.807) is 103 Å². The largest absolute Gasteiger partial charge is 0.339 e. The molecule has 4 aromatic carbocycles. The van der Waals surface area contributed by atoms with Crippen molar-refractivity contribution in [2.24, 2.45) is 0 Å². The summed E-state index contributed by atoms with van der Waals surface area (Å²) in [6, 6.07) is 31.9. The molecule has 0 aromatic heterocycles. The van der Waals surface area contributed by atoms with Gasteiger partial charge in [-0.25, -0.2) is 8.78 Å². The molecule has 0 nitrogen and oxygen atoms in total. The Hall–Kier alpha value is -3.37. The fourth-order valence-corrected chi connectivity index (χ4v) is 7.41. The van der Waals surface area contributed by atoms with Crippen LogP contribution in [0.15, 0.2) is 128 Å². The Morgan fingerprint density at radius 3 is 1.59 bits per heavy atom. The van der Waals surface area contributed by atoms with Crippen molar-refractivity contribution in [3.8, 4) is 0 Å². The van der Waals surface area contributed by atoms with Crippen molar-refractivity contribution >= 4 is 24.0 Å². The summed E-state index contributed by atoms with van der Waals surface area (Å²) in [4.78, 5) is 0. The van der Waals surface area contributed by atoms with Crippen molar-refractivity contribution in [1.82, 2.24) is 0 Å². The second kappa shape index (κ2) is 9.01. The summed E-state index contributed by atoms with van der Waals surface area (Å²) in [6.45, 7) is 3.67. The summed E-state index contributed by atoms with van der Waals surface area (Å²) in [5.74, 6) is -4.64. The van der Waals surface area contributed by atoms with E-state index in [4.69, 9.17) is 0 Å². The maximum atomic E-state index is 17.3. The highest BCUT2D eigenvalue weighted by molar-refractivity contribution is 7.06. The molecule has 1 unspecified atom stereocenters. The minimum atomic E-state index is -4.21. The van der Waals surface area contributed by atoms with Gasteiger partial charge < -0.3 is 0 Å². The molecule has 4 heteroatoms. The Labute approximate surface area is 187 Å². The molecule has 0 spiro atoms. The molecule has 0 aliphatic heterocycles. The normalized spacial score (nSPS) is 12.8. The maximum Gasteiger partial charge on any atom is 0.339 e. The summed E-state index contributed by atoms with van der Waals surface area (Å²) >= 11 is 0. The van der Waals surface area contributed by atoms with E-state index in [2.05, 4.69) is 6.58 Å². The first-order valence-electron chi connectivity index (χ1n) is 10.4. The molecule has 32 heavy (non-hydrogen) atoms. The van der Waals surface area contributed by atoms with Crippen LogP contribution in [0.25, 0.3) is 0 Å². The molecule has 0 saturated heterocycles. The molecular weight excluding hydrogens is 421 g/mol. The highest BCUT2D eigenvalue weighted by Crippen LogP contribution is 2.42. The monoisotopic (exact) mass is 444 g/mol. The van der Waals surface area contributed by atoms with Crippen molar-refractivity contribution in [2.75, 3.05) is 0 Å². The molecule has 0 bridgehead atoms. The predicted molar refractivity (Wildman–Crippen MR) is 128 cm³/mol. The lowest BCUT2D eigenvalue weighted by Crippen LogP contribution is -2.65. The zero-order chi connectivity index (χ0) is 22.6. The molecule has 0 N–H and O–H groups in total. The Balaban J connectivity index is 1.96. The van der Waals surface area contributed by atoms with Crippen molar-refractivity contribution in [2.45, 2.75) is 11.8 Å². The van der Waals surface area contributed by atoms with E-state index < -0.39 is 20.2 Å².